The molecule has 2 aromatic rings. The van der Waals surface area contributed by atoms with Crippen LogP contribution in [0.1, 0.15) is 11.3 Å². The lowest BCUT2D eigenvalue weighted by Crippen LogP contribution is -2.01. The number of nitro groups is 1. The zero-order chi connectivity index (χ0) is 14.9. The van der Waals surface area contributed by atoms with E-state index >= 15 is 0 Å². The Bertz CT molecular complexity index is 698. The molecular formula is C11H9ClN4O4. The molecular weight excluding hydrogens is 288 g/mol. The van der Waals surface area contributed by atoms with Crippen LogP contribution in [0.3, 0.4) is 0 Å². The molecule has 104 valence electrons. The fourth-order valence-electron chi connectivity index (χ4n) is 1.69. The van der Waals surface area contributed by atoms with E-state index in [1.165, 1.54) is 23.0 Å². The van der Waals surface area contributed by atoms with Crippen molar-refractivity contribution in [2.75, 3.05) is 0 Å². The Kier molecular flexibility index (Phi) is 3.66. The van der Waals surface area contributed by atoms with Crippen molar-refractivity contribution in [2.24, 2.45) is 0 Å². The maximum absolute atomic E-state index is 10.8. The number of carboxylic acid groups (broad SMARTS) is 1. The molecule has 0 fully saturated rings. The largest absolute Gasteiger partial charge is 0.481 e. The van der Waals surface area contributed by atoms with Gasteiger partial charge in [-0.25, -0.2) is 4.68 Å². The van der Waals surface area contributed by atoms with Gasteiger partial charge < -0.3 is 5.11 Å². The van der Waals surface area contributed by atoms with Gasteiger partial charge in [-0.1, -0.05) is 16.8 Å². The summed E-state index contributed by atoms with van der Waals surface area (Å²) in [6.45, 7) is 1.66. The lowest BCUT2D eigenvalue weighted by molar-refractivity contribution is -0.384. The molecule has 1 aromatic carbocycles. The number of nitrogens with zero attached hydrogens (tertiary/aromatic N) is 4. The number of hydrogen-bond acceptors (Lipinski definition) is 5. The first kappa shape index (κ1) is 13.9. The second-order valence-electron chi connectivity index (χ2n) is 4.07. The van der Waals surface area contributed by atoms with Crippen LogP contribution in [0.5, 0.6) is 0 Å². The molecule has 0 aliphatic carbocycles. The molecule has 1 aromatic heterocycles. The minimum atomic E-state index is -1.02. The van der Waals surface area contributed by atoms with Crippen LogP contribution in [0.15, 0.2) is 18.3 Å². The van der Waals surface area contributed by atoms with Crippen LogP contribution in [0, 0.1) is 17.0 Å². The van der Waals surface area contributed by atoms with E-state index in [1.807, 2.05) is 0 Å². The van der Waals surface area contributed by atoms with E-state index in [-0.39, 0.29) is 22.8 Å². The van der Waals surface area contributed by atoms with E-state index in [0.29, 0.717) is 11.3 Å². The molecule has 0 spiro atoms. The van der Waals surface area contributed by atoms with Crippen molar-refractivity contribution in [3.8, 4) is 5.69 Å². The number of nitro benzene ring substituents is 1. The highest BCUT2D eigenvalue weighted by Gasteiger charge is 2.17. The topological polar surface area (TPSA) is 111 Å². The summed E-state index contributed by atoms with van der Waals surface area (Å²) in [6, 6.07) is 2.73. The molecule has 0 saturated heterocycles. The van der Waals surface area contributed by atoms with Crippen molar-refractivity contribution in [1.82, 2.24) is 15.0 Å². The van der Waals surface area contributed by atoms with Crippen LogP contribution in [-0.2, 0) is 11.2 Å². The van der Waals surface area contributed by atoms with Gasteiger partial charge in [0.05, 0.1) is 28.9 Å². The predicted molar refractivity (Wildman–Crippen MR) is 69.1 cm³/mol. The average molecular weight is 297 g/mol. The Morgan fingerprint density at radius 3 is 2.85 bits per heavy atom. The summed E-state index contributed by atoms with van der Waals surface area (Å²) in [5.74, 6) is -1.02. The zero-order valence-corrected chi connectivity index (χ0v) is 11.0. The Morgan fingerprint density at radius 1 is 1.55 bits per heavy atom. The van der Waals surface area contributed by atoms with Crippen molar-refractivity contribution < 1.29 is 14.8 Å². The monoisotopic (exact) mass is 296 g/mol. The van der Waals surface area contributed by atoms with Crippen LogP contribution in [0.2, 0.25) is 5.02 Å². The molecule has 9 heteroatoms. The molecule has 20 heavy (non-hydrogen) atoms. The molecule has 1 N–H and O–H groups in total. The molecule has 0 unspecified atom stereocenters. The van der Waals surface area contributed by atoms with Crippen molar-refractivity contribution >= 4 is 23.3 Å². The van der Waals surface area contributed by atoms with Gasteiger partial charge in [0.2, 0.25) is 0 Å². The van der Waals surface area contributed by atoms with Crippen molar-refractivity contribution in [3.05, 3.63) is 44.7 Å². The number of hydrogen-bond donors (Lipinski definition) is 1. The first-order valence-corrected chi connectivity index (χ1v) is 5.84. The Morgan fingerprint density at radius 2 is 2.25 bits per heavy atom. The number of carbonyl (C=O) groups is 1. The normalized spacial score (nSPS) is 10.5. The summed E-state index contributed by atoms with van der Waals surface area (Å²) in [4.78, 5) is 20.8. The van der Waals surface area contributed by atoms with Gasteiger partial charge in [-0.15, -0.1) is 5.10 Å². The summed E-state index contributed by atoms with van der Waals surface area (Å²) in [6.07, 6.45) is 1.19. The molecule has 0 aliphatic heterocycles. The second kappa shape index (κ2) is 5.25. The smallest absolute Gasteiger partial charge is 0.309 e. The van der Waals surface area contributed by atoms with Gasteiger partial charge in [0.25, 0.3) is 5.69 Å². The molecule has 0 radical (unpaired) electrons. The quantitative estimate of drug-likeness (QED) is 0.679. The van der Waals surface area contributed by atoms with E-state index in [2.05, 4.69) is 10.3 Å². The van der Waals surface area contributed by atoms with E-state index in [4.69, 9.17) is 16.7 Å². The minimum absolute atomic E-state index is 0.0223. The Balaban J connectivity index is 2.43. The summed E-state index contributed by atoms with van der Waals surface area (Å²) >= 11 is 5.84. The lowest BCUT2D eigenvalue weighted by atomic mass is 10.2. The summed E-state index contributed by atoms with van der Waals surface area (Å²) in [5.41, 5.74) is 1.17. The second-order valence-corrected chi connectivity index (χ2v) is 4.48. The molecule has 0 bridgehead atoms. The fraction of sp³-hybridized carbons (Fsp3) is 0.182. The number of aryl methyl sites for hydroxylation is 1. The Labute approximate surface area is 117 Å². The lowest BCUT2D eigenvalue weighted by Gasteiger charge is -2.05. The maximum atomic E-state index is 10.8. The van der Waals surface area contributed by atoms with Gasteiger partial charge in [0, 0.05) is 6.07 Å². The molecule has 0 saturated carbocycles. The molecule has 0 atom stereocenters. The predicted octanol–water partition coefficient (Wildman–Crippen LogP) is 1.76. The zero-order valence-electron chi connectivity index (χ0n) is 10.3. The van der Waals surface area contributed by atoms with Crippen molar-refractivity contribution in [1.29, 1.82) is 0 Å². The SMILES string of the molecule is Cc1cc([N+](=O)[O-])c(Cl)cc1-n1cc(CC(=O)O)nn1. The maximum Gasteiger partial charge on any atom is 0.309 e. The van der Waals surface area contributed by atoms with E-state index < -0.39 is 10.9 Å². The van der Waals surface area contributed by atoms with Crippen molar-refractivity contribution in [2.45, 2.75) is 13.3 Å². The molecule has 8 nitrogen and oxygen atoms in total. The third kappa shape index (κ3) is 2.75. The molecule has 2 rings (SSSR count). The van der Waals surface area contributed by atoms with Crippen LogP contribution in [0.25, 0.3) is 5.69 Å². The third-order valence-electron chi connectivity index (χ3n) is 2.58. The van der Waals surface area contributed by atoms with Gasteiger partial charge in [0.1, 0.15) is 5.02 Å². The average Bonchev–Trinajstić information content (AvgIpc) is 2.78. The molecule has 1 heterocycles. The number of aliphatic carboxylic acids is 1. The highest BCUT2D eigenvalue weighted by Crippen LogP contribution is 2.29. The van der Waals surface area contributed by atoms with E-state index in [9.17, 15) is 14.9 Å². The number of carboxylic acids is 1. The standard InChI is InChI=1S/C11H9ClN4O4/c1-6-2-10(16(19)20)8(12)4-9(6)15-5-7(13-14-15)3-11(17)18/h2,4-5H,3H2,1H3,(H,17,18). The van der Waals surface area contributed by atoms with Crippen LogP contribution in [0.4, 0.5) is 5.69 Å². The number of rotatable bonds is 4. The summed E-state index contributed by atoms with van der Waals surface area (Å²) in [5, 5.41) is 26.9. The summed E-state index contributed by atoms with van der Waals surface area (Å²) < 4.78 is 1.34. The summed E-state index contributed by atoms with van der Waals surface area (Å²) in [7, 11) is 0. The van der Waals surface area contributed by atoms with Gasteiger partial charge >= 0.3 is 5.97 Å². The highest BCUT2D eigenvalue weighted by molar-refractivity contribution is 6.32. The Hall–Kier alpha value is -2.48. The van der Waals surface area contributed by atoms with Crippen LogP contribution < -0.4 is 0 Å². The molecule has 0 aliphatic rings. The van der Waals surface area contributed by atoms with E-state index in [0.717, 1.165) is 0 Å². The van der Waals surface area contributed by atoms with Gasteiger partial charge in [-0.3, -0.25) is 14.9 Å². The number of benzene rings is 1. The van der Waals surface area contributed by atoms with E-state index in [1.54, 1.807) is 6.92 Å². The van der Waals surface area contributed by atoms with Crippen molar-refractivity contribution in [3.63, 3.8) is 0 Å². The molecule has 0 amide bonds. The first-order valence-electron chi connectivity index (χ1n) is 5.46. The first-order chi connectivity index (χ1) is 9.38. The highest BCUT2D eigenvalue weighted by atomic mass is 35.5. The van der Waals surface area contributed by atoms with Gasteiger partial charge in [-0.2, -0.15) is 0 Å². The minimum Gasteiger partial charge on any atom is -0.481 e. The van der Waals surface area contributed by atoms with Gasteiger partial charge in [-0.05, 0) is 18.6 Å². The van der Waals surface area contributed by atoms with Crippen LogP contribution >= 0.6 is 11.6 Å². The van der Waals surface area contributed by atoms with Crippen LogP contribution in [-0.4, -0.2) is 31.0 Å². The number of aromatic nitrogens is 3. The third-order valence-corrected chi connectivity index (χ3v) is 2.88. The number of halogens is 1. The fourth-order valence-corrected chi connectivity index (χ4v) is 1.92. The van der Waals surface area contributed by atoms with Gasteiger partial charge in [0.15, 0.2) is 0 Å².